The minimum absolute atomic E-state index is 0.00668. The molecule has 1 aromatic carbocycles. The van der Waals surface area contributed by atoms with Gasteiger partial charge in [-0.3, -0.25) is 19.4 Å². The zero-order chi connectivity index (χ0) is 46.9. The fourth-order valence-corrected chi connectivity index (χ4v) is 10.0. The predicted molar refractivity (Wildman–Crippen MR) is 244 cm³/mol. The third-order valence-corrected chi connectivity index (χ3v) is 13.6. The number of methoxy groups -OCH3 is 1. The van der Waals surface area contributed by atoms with Gasteiger partial charge >= 0.3 is 16.4 Å². The van der Waals surface area contributed by atoms with Gasteiger partial charge in [-0.2, -0.15) is 8.42 Å². The first-order valence-electron chi connectivity index (χ1n) is 21.8. The van der Waals surface area contributed by atoms with Crippen LogP contribution in [0.4, 0.5) is 4.79 Å². The maximum atomic E-state index is 14.9. The fourth-order valence-electron chi connectivity index (χ4n) is 7.77. The highest BCUT2D eigenvalue weighted by molar-refractivity contribution is 8.14. The van der Waals surface area contributed by atoms with Gasteiger partial charge < -0.3 is 35.1 Å². The normalized spacial score (nSPS) is 25.2. The second-order valence-corrected chi connectivity index (χ2v) is 21.9. The molecule has 2 aliphatic heterocycles. The molecule has 18 heteroatoms. The van der Waals surface area contributed by atoms with Crippen LogP contribution in [0, 0.1) is 18.3 Å². The van der Waals surface area contributed by atoms with Crippen molar-refractivity contribution in [1.29, 1.82) is 0 Å². The van der Waals surface area contributed by atoms with Crippen molar-refractivity contribution in [3.63, 3.8) is 0 Å². The number of allylic oxidation sites excluding steroid dienone is 1. The molecule has 1 saturated heterocycles. The number of aryl methyl sites for hydroxylation is 1. The molecule has 4 N–H and O–H groups in total. The molecule has 1 unspecified atom stereocenters. The van der Waals surface area contributed by atoms with Gasteiger partial charge in [-0.25, -0.2) is 13.7 Å². The Bertz CT molecular complexity index is 2120. The number of alkyl carbamates (subject to hydrolysis) is 1. The lowest BCUT2D eigenvalue weighted by Crippen LogP contribution is -2.60. The number of thioether (sulfide) groups is 1. The van der Waals surface area contributed by atoms with Crippen molar-refractivity contribution in [3.05, 3.63) is 47.1 Å². The highest BCUT2D eigenvalue weighted by atomic mass is 32.2. The monoisotopic (exact) mass is 916 g/mol. The lowest BCUT2D eigenvalue weighted by molar-refractivity contribution is -0.143. The molecule has 0 aromatic heterocycles. The van der Waals surface area contributed by atoms with Crippen LogP contribution in [-0.2, 0) is 38.3 Å². The van der Waals surface area contributed by atoms with Crippen LogP contribution >= 0.6 is 11.8 Å². The third kappa shape index (κ3) is 12.7. The van der Waals surface area contributed by atoms with E-state index >= 15 is 0 Å². The number of hydrogen-bond acceptors (Lipinski definition) is 13. The van der Waals surface area contributed by atoms with E-state index in [0.29, 0.717) is 36.5 Å². The van der Waals surface area contributed by atoms with Crippen LogP contribution in [0.15, 0.2) is 40.9 Å². The third-order valence-electron chi connectivity index (χ3n) is 11.5. The number of rotatable bonds is 16. The maximum absolute atomic E-state index is 14.9. The van der Waals surface area contributed by atoms with Gasteiger partial charge in [0, 0.05) is 23.8 Å². The first-order valence-corrected chi connectivity index (χ1v) is 24.2. The van der Waals surface area contributed by atoms with Crippen molar-refractivity contribution in [2.75, 3.05) is 19.4 Å². The Morgan fingerprint density at radius 2 is 1.78 bits per heavy atom. The topological polar surface area (TPSA) is 203 Å². The Kier molecular flexibility index (Phi) is 15.0. The quantitative estimate of drug-likeness (QED) is 0.113. The average Bonchev–Trinajstić information content (AvgIpc) is 3.93. The molecule has 16 nitrogen and oxygen atoms in total. The number of nitrogens with zero attached hydrogens (tertiary/aromatic N) is 2. The summed E-state index contributed by atoms with van der Waals surface area (Å²) in [5.41, 5.74) is -1.61. The molecule has 4 aliphatic rings. The number of aliphatic imine (C=N–C) groups is 1. The number of hydrogen-bond donors (Lipinski definition) is 4. The van der Waals surface area contributed by atoms with Crippen molar-refractivity contribution in [2.45, 2.75) is 162 Å². The van der Waals surface area contributed by atoms with Gasteiger partial charge in [0.1, 0.15) is 40.8 Å². The number of nitrogens with one attached hydrogen (secondary N) is 4. The Morgan fingerprint density at radius 1 is 1.10 bits per heavy atom. The molecule has 3 fully saturated rings. The van der Waals surface area contributed by atoms with E-state index in [4.69, 9.17) is 23.4 Å². The second kappa shape index (κ2) is 19.0. The summed E-state index contributed by atoms with van der Waals surface area (Å²) in [5, 5.41) is 9.88. The van der Waals surface area contributed by atoms with E-state index in [0.717, 1.165) is 21.9 Å². The number of carbonyl (C=O) groups is 4. The first kappa shape index (κ1) is 49.7. The van der Waals surface area contributed by atoms with E-state index in [2.05, 4.69) is 29.8 Å². The van der Waals surface area contributed by atoms with E-state index in [9.17, 15) is 27.6 Å². The summed E-state index contributed by atoms with van der Waals surface area (Å²) in [5.74, 6) is -0.640. The largest absolute Gasteiger partial charge is 0.497 e. The molecule has 2 saturated carbocycles. The number of amidine groups is 1. The van der Waals surface area contributed by atoms with Gasteiger partial charge in [0.05, 0.1) is 25.3 Å². The summed E-state index contributed by atoms with van der Waals surface area (Å²) in [6.07, 6.45) is 4.11. The molecule has 2 aliphatic carbocycles. The molecule has 0 spiro atoms. The van der Waals surface area contributed by atoms with Gasteiger partial charge in [0.15, 0.2) is 5.17 Å². The van der Waals surface area contributed by atoms with Crippen molar-refractivity contribution < 1.29 is 46.0 Å². The minimum Gasteiger partial charge on any atom is -0.497 e. The van der Waals surface area contributed by atoms with Gasteiger partial charge in [-0.05, 0) is 121 Å². The fraction of sp³-hybridized carbons (Fsp3) is 0.667. The summed E-state index contributed by atoms with van der Waals surface area (Å²) in [6.45, 7) is 22.0. The predicted octanol–water partition coefficient (Wildman–Crippen LogP) is 5.90. The SMILES string of the molecule is CC=C(/C=C(/O[C@@H]1C[C@@H](C(=O)N[C@]2(C(=O)NS(=O)(=O)OC3(C)CC3)C[C@H]2CC)N(C(=O)[C@@H](NC(=O)OC(C)(C)C)C(C)(C)C)C1)c1ccc(OC)cc1C)C1CSC(NC(C)C)=N1. The second-order valence-electron chi connectivity index (χ2n) is 19.7. The molecule has 4 amide bonds. The van der Waals surface area contributed by atoms with E-state index in [1.165, 1.54) is 4.90 Å². The molecule has 0 bridgehead atoms. The molecule has 63 heavy (non-hydrogen) atoms. The Morgan fingerprint density at radius 3 is 2.32 bits per heavy atom. The van der Waals surface area contributed by atoms with Crippen molar-refractivity contribution in [3.8, 4) is 5.75 Å². The minimum atomic E-state index is -4.48. The van der Waals surface area contributed by atoms with Gasteiger partial charge in [-0.15, -0.1) is 0 Å². The number of benzene rings is 1. The van der Waals surface area contributed by atoms with Gasteiger partial charge in [-0.1, -0.05) is 52.0 Å². The number of carbonyl (C=O) groups excluding carboxylic acids is 4. The van der Waals surface area contributed by atoms with E-state index in [-0.39, 0.29) is 37.4 Å². The molecule has 350 valence electrons. The van der Waals surface area contributed by atoms with Gasteiger partial charge in [0.2, 0.25) is 11.8 Å². The standard InChI is InChI=1S/C45H68N6O10S2/c1-14-28(33-25-62-40(47-33)46-26(3)4)21-35(32-17-16-30(58-13)20-27(32)5)59-31-22-34(51(24-31)38(53)36(42(6,7)8)48-41(55)60-43(9,10)11)37(52)49-45(23-29(45)15-2)39(54)50-63(56,57)61-44(12)18-19-44/h14,16-17,20-21,26,29,31,33-34,36H,15,18-19,22-25H2,1-13H3,(H,46,47)(H,48,55)(H,49,52)(H,50,54)/b28-14?,35-21+/t29-,31-,33?,34+,36-,45-/m1/s1. The van der Waals surface area contributed by atoms with Crippen LogP contribution in [0.1, 0.15) is 119 Å². The maximum Gasteiger partial charge on any atom is 0.408 e. The van der Waals surface area contributed by atoms with E-state index < -0.39 is 74.5 Å². The molecular formula is C45H68N6O10S2. The van der Waals surface area contributed by atoms with Crippen LogP contribution in [0.2, 0.25) is 0 Å². The van der Waals surface area contributed by atoms with Crippen molar-refractivity contribution in [1.82, 2.24) is 25.6 Å². The molecule has 5 rings (SSSR count). The zero-order valence-corrected chi connectivity index (χ0v) is 40.7. The van der Waals surface area contributed by atoms with Crippen LogP contribution in [0.3, 0.4) is 0 Å². The summed E-state index contributed by atoms with van der Waals surface area (Å²) in [4.78, 5) is 63.0. The smallest absolute Gasteiger partial charge is 0.408 e. The Balaban J connectivity index is 1.51. The number of likely N-dealkylation sites (tertiary alicyclic amines) is 1. The van der Waals surface area contributed by atoms with E-state index in [1.807, 2.05) is 55.8 Å². The Hall–Kier alpha value is -4.29. The summed E-state index contributed by atoms with van der Waals surface area (Å²) in [7, 11) is -2.89. The molecular weight excluding hydrogens is 849 g/mol. The number of amides is 4. The van der Waals surface area contributed by atoms with Crippen LogP contribution in [0.25, 0.3) is 5.76 Å². The van der Waals surface area contributed by atoms with Gasteiger partial charge in [0.25, 0.3) is 5.91 Å². The van der Waals surface area contributed by atoms with Crippen molar-refractivity contribution >= 4 is 56.8 Å². The highest BCUT2D eigenvalue weighted by Gasteiger charge is 2.62. The summed E-state index contributed by atoms with van der Waals surface area (Å²) < 4.78 is 51.2. The van der Waals surface area contributed by atoms with Crippen LogP contribution in [0.5, 0.6) is 5.75 Å². The molecule has 2 heterocycles. The van der Waals surface area contributed by atoms with Crippen molar-refractivity contribution in [2.24, 2.45) is 16.3 Å². The van der Waals surface area contributed by atoms with E-state index in [1.54, 1.807) is 67.3 Å². The van der Waals surface area contributed by atoms with Crippen LogP contribution < -0.4 is 25.4 Å². The summed E-state index contributed by atoms with van der Waals surface area (Å²) >= 11 is 1.64. The molecule has 1 aromatic rings. The van der Waals surface area contributed by atoms with Crippen LogP contribution in [-0.4, -0.2) is 109 Å². The number of ether oxygens (including phenoxy) is 3. The first-order chi connectivity index (χ1) is 29.2. The Labute approximate surface area is 377 Å². The molecule has 0 radical (unpaired) electrons. The highest BCUT2D eigenvalue weighted by Crippen LogP contribution is 2.47. The lowest BCUT2D eigenvalue weighted by Gasteiger charge is -2.36. The average molecular weight is 917 g/mol. The molecule has 6 atom stereocenters. The summed E-state index contributed by atoms with van der Waals surface area (Å²) in [6, 6.07) is 3.34. The zero-order valence-electron chi connectivity index (χ0n) is 39.1. The lowest BCUT2D eigenvalue weighted by atomic mass is 9.85.